The van der Waals surface area contributed by atoms with Crippen LogP contribution in [0.5, 0.6) is 5.75 Å². The number of rotatable bonds is 7. The predicted molar refractivity (Wildman–Crippen MR) is 119 cm³/mol. The van der Waals surface area contributed by atoms with Crippen molar-refractivity contribution in [3.8, 4) is 17.2 Å². The zero-order valence-electron chi connectivity index (χ0n) is 17.6. The summed E-state index contributed by atoms with van der Waals surface area (Å²) in [6.45, 7) is 1.08. The third kappa shape index (κ3) is 5.44. The number of hydrogen-bond acceptors (Lipinski definition) is 8. The normalized spacial score (nSPS) is 14.2. The van der Waals surface area contributed by atoms with Crippen LogP contribution < -0.4 is 10.1 Å². The third-order valence-corrected chi connectivity index (χ3v) is 6.00. The van der Waals surface area contributed by atoms with Gasteiger partial charge in [0.25, 0.3) is 5.22 Å². The lowest BCUT2D eigenvalue weighted by Crippen LogP contribution is -2.42. The molecule has 0 saturated carbocycles. The van der Waals surface area contributed by atoms with Crippen molar-refractivity contribution >= 4 is 29.4 Å². The zero-order valence-corrected chi connectivity index (χ0v) is 18.4. The SMILES string of the molecule is COc1ccc(-c2nnc(SCC(=O)N3CCC(C(=O)Nc4ccccn4)CC3)o2)cc1. The number of aromatic nitrogens is 3. The molecular formula is C22H23N5O4S. The molecule has 0 radical (unpaired) electrons. The first-order chi connectivity index (χ1) is 15.6. The van der Waals surface area contributed by atoms with E-state index < -0.39 is 0 Å². The summed E-state index contributed by atoms with van der Waals surface area (Å²) in [6, 6.07) is 12.7. The van der Waals surface area contributed by atoms with E-state index in [4.69, 9.17) is 9.15 Å². The van der Waals surface area contributed by atoms with E-state index in [1.807, 2.05) is 30.3 Å². The molecule has 32 heavy (non-hydrogen) atoms. The summed E-state index contributed by atoms with van der Waals surface area (Å²) in [6.07, 6.45) is 2.88. The Morgan fingerprint density at radius 1 is 1.16 bits per heavy atom. The molecule has 0 bridgehead atoms. The molecule has 1 fully saturated rings. The van der Waals surface area contributed by atoms with Crippen LogP contribution in [0.25, 0.3) is 11.5 Å². The molecule has 1 aliphatic heterocycles. The molecule has 3 heterocycles. The molecule has 10 heteroatoms. The first kappa shape index (κ1) is 21.8. The quantitative estimate of drug-likeness (QED) is 0.544. The van der Waals surface area contributed by atoms with Crippen molar-refractivity contribution in [2.24, 2.45) is 5.92 Å². The van der Waals surface area contributed by atoms with E-state index in [0.717, 1.165) is 11.3 Å². The first-order valence-corrected chi connectivity index (χ1v) is 11.2. The number of nitrogens with one attached hydrogen (secondary N) is 1. The van der Waals surface area contributed by atoms with Gasteiger partial charge < -0.3 is 19.4 Å². The maximum Gasteiger partial charge on any atom is 0.277 e. The summed E-state index contributed by atoms with van der Waals surface area (Å²) in [5.41, 5.74) is 0.780. The number of thioether (sulfide) groups is 1. The standard InChI is InChI=1S/C22H23N5O4S/c1-30-17-7-5-16(6-8-17)21-25-26-22(31-21)32-14-19(28)27-12-9-15(10-13-27)20(29)24-18-4-2-3-11-23-18/h2-8,11,15H,9-10,12-14H2,1H3,(H,23,24,29). The van der Waals surface area contributed by atoms with Crippen molar-refractivity contribution in [1.82, 2.24) is 20.1 Å². The maximum absolute atomic E-state index is 12.6. The molecule has 2 amide bonds. The number of pyridine rings is 1. The van der Waals surface area contributed by atoms with E-state index in [9.17, 15) is 9.59 Å². The second-order valence-electron chi connectivity index (χ2n) is 7.25. The molecule has 2 aromatic heterocycles. The van der Waals surface area contributed by atoms with Crippen LogP contribution in [0.2, 0.25) is 0 Å². The van der Waals surface area contributed by atoms with Crippen LogP contribution in [-0.4, -0.2) is 57.8 Å². The highest BCUT2D eigenvalue weighted by atomic mass is 32.2. The van der Waals surface area contributed by atoms with Crippen molar-refractivity contribution in [3.63, 3.8) is 0 Å². The van der Waals surface area contributed by atoms with E-state index in [2.05, 4.69) is 20.5 Å². The first-order valence-electron chi connectivity index (χ1n) is 10.2. The number of hydrogen-bond donors (Lipinski definition) is 1. The van der Waals surface area contributed by atoms with Crippen molar-refractivity contribution in [3.05, 3.63) is 48.7 Å². The molecule has 1 N–H and O–H groups in total. The second kappa shape index (κ2) is 10.3. The van der Waals surface area contributed by atoms with Crippen LogP contribution in [0.3, 0.4) is 0 Å². The Morgan fingerprint density at radius 2 is 1.94 bits per heavy atom. The van der Waals surface area contributed by atoms with Gasteiger partial charge in [-0.15, -0.1) is 10.2 Å². The molecule has 0 aliphatic carbocycles. The zero-order chi connectivity index (χ0) is 22.3. The molecule has 1 aliphatic rings. The maximum atomic E-state index is 12.6. The van der Waals surface area contributed by atoms with Crippen LogP contribution in [-0.2, 0) is 9.59 Å². The lowest BCUT2D eigenvalue weighted by Gasteiger charge is -2.31. The molecular weight excluding hydrogens is 430 g/mol. The van der Waals surface area contributed by atoms with Crippen molar-refractivity contribution in [2.45, 2.75) is 18.1 Å². The summed E-state index contributed by atoms with van der Waals surface area (Å²) in [4.78, 5) is 30.9. The molecule has 4 rings (SSSR count). The number of carbonyl (C=O) groups is 2. The fourth-order valence-electron chi connectivity index (χ4n) is 3.39. The third-order valence-electron chi connectivity index (χ3n) is 5.20. The summed E-state index contributed by atoms with van der Waals surface area (Å²) in [7, 11) is 1.60. The van der Waals surface area contributed by atoms with Crippen LogP contribution in [0.15, 0.2) is 58.3 Å². The largest absolute Gasteiger partial charge is 0.497 e. The van der Waals surface area contributed by atoms with Gasteiger partial charge in [-0.2, -0.15) is 0 Å². The lowest BCUT2D eigenvalue weighted by molar-refractivity contribution is -0.132. The van der Waals surface area contributed by atoms with Crippen molar-refractivity contribution in [2.75, 3.05) is 31.3 Å². The van der Waals surface area contributed by atoms with Gasteiger partial charge in [-0.05, 0) is 49.2 Å². The van der Waals surface area contributed by atoms with E-state index in [0.29, 0.717) is 42.9 Å². The predicted octanol–water partition coefficient (Wildman–Crippen LogP) is 3.11. The van der Waals surface area contributed by atoms with Crippen LogP contribution in [0.4, 0.5) is 5.82 Å². The molecule has 3 aromatic rings. The smallest absolute Gasteiger partial charge is 0.277 e. The van der Waals surface area contributed by atoms with Gasteiger partial charge >= 0.3 is 0 Å². The summed E-state index contributed by atoms with van der Waals surface area (Å²) in [5.74, 6) is 1.69. The van der Waals surface area contributed by atoms with Gasteiger partial charge in [-0.1, -0.05) is 17.8 Å². The average Bonchev–Trinajstić information content (AvgIpc) is 3.32. The fourth-order valence-corrected chi connectivity index (χ4v) is 4.06. The van der Waals surface area contributed by atoms with Gasteiger partial charge in [-0.3, -0.25) is 9.59 Å². The number of anilines is 1. The fraction of sp³-hybridized carbons (Fsp3) is 0.318. The number of likely N-dealkylation sites (tertiary alicyclic amines) is 1. The highest BCUT2D eigenvalue weighted by Crippen LogP contribution is 2.26. The van der Waals surface area contributed by atoms with Crippen LogP contribution in [0.1, 0.15) is 12.8 Å². The van der Waals surface area contributed by atoms with Gasteiger partial charge in [0.15, 0.2) is 0 Å². The summed E-state index contributed by atoms with van der Waals surface area (Å²) in [5, 5.41) is 11.2. The number of methoxy groups -OCH3 is 1. The Labute approximate surface area is 189 Å². The Balaban J connectivity index is 1.23. The number of benzene rings is 1. The van der Waals surface area contributed by atoms with E-state index in [1.165, 1.54) is 11.8 Å². The van der Waals surface area contributed by atoms with Gasteiger partial charge in [0.1, 0.15) is 11.6 Å². The monoisotopic (exact) mass is 453 g/mol. The number of piperidine rings is 1. The van der Waals surface area contributed by atoms with E-state index in [1.54, 1.807) is 30.3 Å². The van der Waals surface area contributed by atoms with Crippen LogP contribution in [0, 0.1) is 5.92 Å². The number of amides is 2. The second-order valence-corrected chi connectivity index (χ2v) is 8.18. The van der Waals surface area contributed by atoms with Gasteiger partial charge in [0.2, 0.25) is 17.7 Å². The number of carbonyl (C=O) groups excluding carboxylic acids is 2. The van der Waals surface area contributed by atoms with E-state index in [-0.39, 0.29) is 23.5 Å². The Kier molecular flexibility index (Phi) is 7.00. The van der Waals surface area contributed by atoms with Crippen LogP contribution >= 0.6 is 11.8 Å². The molecule has 9 nitrogen and oxygen atoms in total. The number of ether oxygens (including phenoxy) is 1. The molecule has 0 spiro atoms. The Hall–Kier alpha value is -3.40. The molecule has 1 saturated heterocycles. The Bertz CT molecular complexity index is 1050. The number of nitrogens with zero attached hydrogens (tertiary/aromatic N) is 4. The minimum absolute atomic E-state index is 0.0113. The van der Waals surface area contributed by atoms with Crippen molar-refractivity contribution in [1.29, 1.82) is 0 Å². The highest BCUT2D eigenvalue weighted by molar-refractivity contribution is 7.99. The molecule has 166 valence electrons. The summed E-state index contributed by atoms with van der Waals surface area (Å²) >= 11 is 1.21. The molecule has 1 aromatic carbocycles. The minimum atomic E-state index is -0.128. The Morgan fingerprint density at radius 3 is 2.62 bits per heavy atom. The lowest BCUT2D eigenvalue weighted by atomic mass is 9.96. The van der Waals surface area contributed by atoms with Crippen molar-refractivity contribution < 1.29 is 18.7 Å². The average molecular weight is 454 g/mol. The minimum Gasteiger partial charge on any atom is -0.497 e. The van der Waals surface area contributed by atoms with Gasteiger partial charge in [0.05, 0.1) is 12.9 Å². The van der Waals surface area contributed by atoms with Gasteiger partial charge in [0, 0.05) is 30.8 Å². The highest BCUT2D eigenvalue weighted by Gasteiger charge is 2.27. The topological polar surface area (TPSA) is 110 Å². The van der Waals surface area contributed by atoms with E-state index >= 15 is 0 Å². The molecule has 0 unspecified atom stereocenters. The summed E-state index contributed by atoms with van der Waals surface area (Å²) < 4.78 is 10.8. The van der Waals surface area contributed by atoms with Gasteiger partial charge in [-0.25, -0.2) is 4.98 Å². The molecule has 0 atom stereocenters.